The van der Waals surface area contributed by atoms with E-state index in [1.165, 1.54) is 22.5 Å². The highest BCUT2D eigenvalue weighted by atomic mass is 16.5. The van der Waals surface area contributed by atoms with E-state index in [1.54, 1.807) is 51.6 Å². The molecule has 1 aromatic carbocycles. The largest absolute Gasteiger partial charge is 0.443 e. The number of ketones is 1. The number of Topliss-reactive ketones (excluding diaryl/α,β-unsaturated/α-hetero) is 1. The number of likely N-dealkylation sites (N-methyl/N-ethyl adjacent to an activating group) is 1. The molecular formula is C18H20N2O4. The first kappa shape index (κ1) is 17.5. The molecule has 1 atom stereocenters. The molecule has 6 nitrogen and oxygen atoms in total. The van der Waals surface area contributed by atoms with Crippen molar-refractivity contribution in [2.45, 2.75) is 13.0 Å². The highest BCUT2D eigenvalue weighted by Crippen LogP contribution is 2.22. The molecule has 1 aromatic heterocycles. The van der Waals surface area contributed by atoms with Crippen LogP contribution >= 0.6 is 0 Å². The minimum absolute atomic E-state index is 0.145. The van der Waals surface area contributed by atoms with Crippen molar-refractivity contribution in [3.05, 3.63) is 59.4 Å². The van der Waals surface area contributed by atoms with Gasteiger partial charge in [-0.3, -0.25) is 9.59 Å². The Morgan fingerprint density at radius 2 is 1.75 bits per heavy atom. The van der Waals surface area contributed by atoms with Gasteiger partial charge in [-0.2, -0.15) is 0 Å². The SMILES string of the molecule is CC(=O)c1cc(C(=O)O[C@H](C(=O)N(C)C)c2ccccc2)n(C)c1. The summed E-state index contributed by atoms with van der Waals surface area (Å²) in [5.41, 5.74) is 1.22. The van der Waals surface area contributed by atoms with Gasteiger partial charge in [-0.05, 0) is 13.0 Å². The van der Waals surface area contributed by atoms with Gasteiger partial charge in [-0.1, -0.05) is 30.3 Å². The Kier molecular flexibility index (Phi) is 5.18. The summed E-state index contributed by atoms with van der Waals surface area (Å²) in [5, 5.41) is 0. The Bertz CT molecular complexity index is 763. The summed E-state index contributed by atoms with van der Waals surface area (Å²) in [6.07, 6.45) is 0.522. The van der Waals surface area contributed by atoms with Crippen molar-refractivity contribution in [3.63, 3.8) is 0 Å². The van der Waals surface area contributed by atoms with Crippen molar-refractivity contribution in [1.29, 1.82) is 0 Å². The van der Waals surface area contributed by atoms with E-state index in [2.05, 4.69) is 0 Å². The molecular weight excluding hydrogens is 308 g/mol. The molecule has 126 valence electrons. The molecule has 0 radical (unpaired) electrons. The second-order valence-corrected chi connectivity index (χ2v) is 5.71. The van der Waals surface area contributed by atoms with Crippen molar-refractivity contribution in [3.8, 4) is 0 Å². The lowest BCUT2D eigenvalue weighted by Crippen LogP contribution is -2.31. The fourth-order valence-corrected chi connectivity index (χ4v) is 2.25. The second-order valence-electron chi connectivity index (χ2n) is 5.71. The molecule has 0 aliphatic rings. The van der Waals surface area contributed by atoms with E-state index in [0.29, 0.717) is 11.1 Å². The average Bonchev–Trinajstić information content (AvgIpc) is 2.94. The lowest BCUT2D eigenvalue weighted by atomic mass is 10.1. The molecule has 24 heavy (non-hydrogen) atoms. The molecule has 0 fully saturated rings. The molecule has 0 saturated heterocycles. The number of benzene rings is 1. The first-order valence-corrected chi connectivity index (χ1v) is 7.45. The number of hydrogen-bond donors (Lipinski definition) is 0. The Morgan fingerprint density at radius 3 is 2.25 bits per heavy atom. The molecule has 0 aliphatic carbocycles. The van der Waals surface area contributed by atoms with Gasteiger partial charge in [-0.25, -0.2) is 4.79 Å². The number of aromatic nitrogens is 1. The molecule has 1 amide bonds. The van der Waals surface area contributed by atoms with Crippen molar-refractivity contribution in [2.24, 2.45) is 7.05 Å². The van der Waals surface area contributed by atoms with E-state index in [4.69, 9.17) is 4.74 Å². The van der Waals surface area contributed by atoms with Gasteiger partial charge < -0.3 is 14.2 Å². The minimum Gasteiger partial charge on any atom is -0.443 e. The maximum atomic E-state index is 12.5. The van der Waals surface area contributed by atoms with E-state index in [9.17, 15) is 14.4 Å². The number of aryl methyl sites for hydroxylation is 1. The third-order valence-corrected chi connectivity index (χ3v) is 3.61. The van der Waals surface area contributed by atoms with Crippen molar-refractivity contribution >= 4 is 17.7 Å². The van der Waals surface area contributed by atoms with E-state index in [0.717, 1.165) is 0 Å². The van der Waals surface area contributed by atoms with Gasteiger partial charge in [0.1, 0.15) is 5.69 Å². The fourth-order valence-electron chi connectivity index (χ4n) is 2.25. The third kappa shape index (κ3) is 3.71. The summed E-state index contributed by atoms with van der Waals surface area (Å²) in [6.45, 7) is 1.42. The molecule has 6 heteroatoms. The van der Waals surface area contributed by atoms with E-state index < -0.39 is 12.1 Å². The molecule has 2 rings (SSSR count). The number of ether oxygens (including phenoxy) is 1. The summed E-state index contributed by atoms with van der Waals surface area (Å²) in [7, 11) is 4.85. The molecule has 0 unspecified atom stereocenters. The fraction of sp³-hybridized carbons (Fsp3) is 0.278. The van der Waals surface area contributed by atoms with E-state index in [-0.39, 0.29) is 17.4 Å². The lowest BCUT2D eigenvalue weighted by Gasteiger charge is -2.21. The van der Waals surface area contributed by atoms with Gasteiger partial charge in [0.2, 0.25) is 6.10 Å². The predicted octanol–water partition coefficient (Wildman–Crippen LogP) is 2.21. The molecule has 0 aliphatic heterocycles. The number of rotatable bonds is 5. The van der Waals surface area contributed by atoms with Crippen LogP contribution in [-0.2, 0) is 16.6 Å². The molecule has 0 saturated carbocycles. The number of esters is 1. The Hall–Kier alpha value is -2.89. The molecule has 1 heterocycles. The number of amides is 1. The second kappa shape index (κ2) is 7.12. The zero-order valence-electron chi connectivity index (χ0n) is 14.1. The smallest absolute Gasteiger partial charge is 0.356 e. The first-order valence-electron chi connectivity index (χ1n) is 7.45. The van der Waals surface area contributed by atoms with E-state index in [1.807, 2.05) is 6.07 Å². The topological polar surface area (TPSA) is 68.6 Å². The van der Waals surface area contributed by atoms with Crippen LogP contribution in [-0.4, -0.2) is 41.2 Å². The lowest BCUT2D eigenvalue weighted by molar-refractivity contribution is -0.138. The van der Waals surface area contributed by atoms with Crippen LogP contribution in [0.3, 0.4) is 0 Å². The average molecular weight is 328 g/mol. The predicted molar refractivity (Wildman–Crippen MR) is 88.7 cm³/mol. The third-order valence-electron chi connectivity index (χ3n) is 3.61. The molecule has 0 spiro atoms. The van der Waals surface area contributed by atoms with Crippen LogP contribution in [0.2, 0.25) is 0 Å². The summed E-state index contributed by atoms with van der Waals surface area (Å²) >= 11 is 0. The maximum Gasteiger partial charge on any atom is 0.356 e. The zero-order chi connectivity index (χ0) is 17.9. The number of nitrogens with zero attached hydrogens (tertiary/aromatic N) is 2. The zero-order valence-corrected chi connectivity index (χ0v) is 14.1. The van der Waals surface area contributed by atoms with Crippen LogP contribution in [0.4, 0.5) is 0 Å². The highest BCUT2D eigenvalue weighted by molar-refractivity contribution is 5.98. The van der Waals surface area contributed by atoms with E-state index >= 15 is 0 Å². The summed E-state index contributed by atoms with van der Waals surface area (Å²) in [4.78, 5) is 37.7. The first-order chi connectivity index (χ1) is 11.3. The maximum absolute atomic E-state index is 12.5. The quantitative estimate of drug-likeness (QED) is 0.623. The van der Waals surface area contributed by atoms with Gasteiger partial charge in [0.05, 0.1) is 0 Å². The number of carbonyl (C=O) groups excluding carboxylic acids is 3. The Labute approximate surface area is 140 Å². The van der Waals surface area contributed by atoms with Crippen LogP contribution in [0.25, 0.3) is 0 Å². The van der Waals surface area contributed by atoms with Gasteiger partial charge in [-0.15, -0.1) is 0 Å². The van der Waals surface area contributed by atoms with Gasteiger partial charge >= 0.3 is 5.97 Å². The Balaban J connectivity index is 2.31. The summed E-state index contributed by atoms with van der Waals surface area (Å²) in [5.74, 6) is -1.14. The van der Waals surface area contributed by atoms with Crippen LogP contribution in [0.15, 0.2) is 42.6 Å². The summed E-state index contributed by atoms with van der Waals surface area (Å²) < 4.78 is 6.97. The highest BCUT2D eigenvalue weighted by Gasteiger charge is 2.28. The van der Waals surface area contributed by atoms with Crippen LogP contribution < -0.4 is 0 Å². The Morgan fingerprint density at radius 1 is 1.12 bits per heavy atom. The van der Waals surface area contributed by atoms with Crippen molar-refractivity contribution < 1.29 is 19.1 Å². The van der Waals surface area contributed by atoms with Gasteiger partial charge in [0.25, 0.3) is 5.91 Å². The molecule has 0 bridgehead atoms. The van der Waals surface area contributed by atoms with Crippen molar-refractivity contribution in [2.75, 3.05) is 14.1 Å². The molecule has 2 aromatic rings. The molecule has 0 N–H and O–H groups in total. The number of carbonyl (C=O) groups is 3. The monoisotopic (exact) mass is 328 g/mol. The minimum atomic E-state index is -1.04. The van der Waals surface area contributed by atoms with Crippen molar-refractivity contribution in [1.82, 2.24) is 9.47 Å². The van der Waals surface area contributed by atoms with Crippen LogP contribution in [0.1, 0.15) is 39.4 Å². The summed E-state index contributed by atoms with van der Waals surface area (Å²) in [6, 6.07) is 10.3. The normalized spacial score (nSPS) is 11.7. The van der Waals surface area contributed by atoms with Gasteiger partial charge in [0.15, 0.2) is 5.78 Å². The standard InChI is InChI=1S/C18H20N2O4/c1-12(21)14-10-15(20(4)11-14)18(23)24-16(17(22)19(2)3)13-8-6-5-7-9-13/h5-11,16H,1-4H3/t16-/m0/s1. The van der Waals surface area contributed by atoms with Crippen LogP contribution in [0.5, 0.6) is 0 Å². The number of hydrogen-bond acceptors (Lipinski definition) is 4. The van der Waals surface area contributed by atoms with Crippen LogP contribution in [0, 0.1) is 0 Å². The van der Waals surface area contributed by atoms with Gasteiger partial charge in [0, 0.05) is 38.5 Å².